The first-order chi connectivity index (χ1) is 13.2. The number of nitrogens with zero attached hydrogens (tertiary/aromatic N) is 3. The van der Waals surface area contributed by atoms with Gasteiger partial charge >= 0.3 is 0 Å². The minimum absolute atomic E-state index is 0.0808. The Bertz CT molecular complexity index is 888. The minimum Gasteiger partial charge on any atom is -0.494 e. The van der Waals surface area contributed by atoms with E-state index in [9.17, 15) is 10.1 Å². The van der Waals surface area contributed by atoms with Gasteiger partial charge in [-0.1, -0.05) is 26.0 Å². The Kier molecular flexibility index (Phi) is 5.22. The molecule has 0 amide bonds. The summed E-state index contributed by atoms with van der Waals surface area (Å²) in [5.74, 6) is 0.779. The van der Waals surface area contributed by atoms with Crippen LogP contribution in [0.4, 0.5) is 0 Å². The molecule has 1 atom stereocenters. The Labute approximate surface area is 166 Å². The first-order valence-electron chi connectivity index (χ1n) is 9.56. The van der Waals surface area contributed by atoms with E-state index in [1.165, 1.54) is 0 Å². The van der Waals surface area contributed by atoms with Crippen LogP contribution in [0.2, 0.25) is 0 Å². The van der Waals surface area contributed by atoms with Gasteiger partial charge in [-0.3, -0.25) is 9.80 Å². The molecule has 0 fully saturated rings. The molecule has 0 radical (unpaired) electrons. The van der Waals surface area contributed by atoms with Crippen molar-refractivity contribution in [3.8, 4) is 11.8 Å². The highest BCUT2D eigenvalue weighted by molar-refractivity contribution is 6.00. The van der Waals surface area contributed by atoms with Crippen LogP contribution in [-0.4, -0.2) is 36.5 Å². The fraction of sp³-hybridized carbons (Fsp3) is 0.455. The maximum Gasteiger partial charge on any atom is 0.162 e. The molecule has 0 aromatic heterocycles. The summed E-state index contributed by atoms with van der Waals surface area (Å²) in [6.07, 6.45) is 1.18. The van der Waals surface area contributed by atoms with Crippen molar-refractivity contribution in [3.63, 3.8) is 0 Å². The molecular formula is C22H28N4O2. The summed E-state index contributed by atoms with van der Waals surface area (Å²) in [6, 6.07) is 9.86. The second-order valence-electron chi connectivity index (χ2n) is 8.31. The number of hydrogen-bond acceptors (Lipinski definition) is 6. The Morgan fingerprint density at radius 2 is 1.93 bits per heavy atom. The van der Waals surface area contributed by atoms with Crippen LogP contribution in [-0.2, 0) is 4.79 Å². The zero-order valence-corrected chi connectivity index (χ0v) is 17.2. The van der Waals surface area contributed by atoms with Crippen molar-refractivity contribution in [1.82, 2.24) is 10.0 Å². The number of ketones is 1. The van der Waals surface area contributed by atoms with E-state index in [0.717, 1.165) is 23.4 Å². The summed E-state index contributed by atoms with van der Waals surface area (Å²) in [7, 11) is 3.74. The molecular weight excluding hydrogens is 352 g/mol. The SMILES string of the molecule is CCOc1ccc([C@H]2C(C#N)=C(N)N(N(C)C)C3=C2C(=O)CC(C)(C)C3)cc1. The molecule has 0 bridgehead atoms. The molecule has 28 heavy (non-hydrogen) atoms. The van der Waals surface area contributed by atoms with Gasteiger partial charge in [0.05, 0.1) is 24.2 Å². The highest BCUT2D eigenvalue weighted by atomic mass is 16.5. The number of nitrogens with two attached hydrogens (primary N) is 1. The first-order valence-corrected chi connectivity index (χ1v) is 9.56. The van der Waals surface area contributed by atoms with E-state index >= 15 is 0 Å². The maximum absolute atomic E-state index is 13.2. The summed E-state index contributed by atoms with van der Waals surface area (Å²) in [4.78, 5) is 13.2. The predicted molar refractivity (Wildman–Crippen MR) is 108 cm³/mol. The molecule has 6 nitrogen and oxygen atoms in total. The molecule has 3 rings (SSSR count). The summed E-state index contributed by atoms with van der Waals surface area (Å²) in [5, 5.41) is 13.6. The fourth-order valence-electron chi connectivity index (χ4n) is 4.21. The summed E-state index contributed by atoms with van der Waals surface area (Å²) in [6.45, 7) is 6.70. The Balaban J connectivity index is 2.20. The molecule has 0 unspecified atom stereocenters. The van der Waals surface area contributed by atoms with Crippen LogP contribution in [0, 0.1) is 16.7 Å². The average molecular weight is 380 g/mol. The van der Waals surface area contributed by atoms with Gasteiger partial charge in [0.1, 0.15) is 11.6 Å². The predicted octanol–water partition coefficient (Wildman–Crippen LogP) is 3.30. The number of Topliss-reactive ketones (excluding diaryl/α,β-unsaturated/α-hetero) is 1. The lowest BCUT2D eigenvalue weighted by molar-refractivity contribution is -0.119. The van der Waals surface area contributed by atoms with E-state index in [1.807, 2.05) is 55.3 Å². The summed E-state index contributed by atoms with van der Waals surface area (Å²) >= 11 is 0. The van der Waals surface area contributed by atoms with Crippen molar-refractivity contribution < 1.29 is 9.53 Å². The third kappa shape index (κ3) is 3.38. The van der Waals surface area contributed by atoms with Crippen LogP contribution in [0.5, 0.6) is 5.75 Å². The van der Waals surface area contributed by atoms with Crippen molar-refractivity contribution >= 4 is 5.78 Å². The average Bonchev–Trinajstić information content (AvgIpc) is 2.60. The van der Waals surface area contributed by atoms with E-state index in [0.29, 0.717) is 30.0 Å². The van der Waals surface area contributed by atoms with E-state index in [2.05, 4.69) is 19.9 Å². The van der Waals surface area contributed by atoms with Gasteiger partial charge in [-0.05, 0) is 36.5 Å². The summed E-state index contributed by atoms with van der Waals surface area (Å²) in [5.41, 5.74) is 9.16. The second kappa shape index (κ2) is 7.33. The van der Waals surface area contributed by atoms with Crippen molar-refractivity contribution in [2.75, 3.05) is 20.7 Å². The Hall–Kier alpha value is -2.78. The van der Waals surface area contributed by atoms with Gasteiger partial charge in [0.2, 0.25) is 0 Å². The van der Waals surface area contributed by atoms with Gasteiger partial charge in [0.15, 0.2) is 5.78 Å². The van der Waals surface area contributed by atoms with Crippen molar-refractivity contribution in [2.45, 2.75) is 39.5 Å². The summed E-state index contributed by atoms with van der Waals surface area (Å²) < 4.78 is 5.53. The van der Waals surface area contributed by atoms with Gasteiger partial charge in [-0.15, -0.1) is 0 Å². The molecule has 0 saturated carbocycles. The maximum atomic E-state index is 13.2. The number of benzene rings is 1. The molecule has 148 valence electrons. The number of hydrogen-bond donors (Lipinski definition) is 1. The topological polar surface area (TPSA) is 82.6 Å². The third-order valence-corrected chi connectivity index (χ3v) is 5.28. The quantitative estimate of drug-likeness (QED) is 0.863. The lowest BCUT2D eigenvalue weighted by Crippen LogP contribution is -2.47. The number of hydrazine groups is 1. The molecule has 1 aliphatic heterocycles. The largest absolute Gasteiger partial charge is 0.494 e. The van der Waals surface area contributed by atoms with E-state index < -0.39 is 5.92 Å². The van der Waals surface area contributed by atoms with Crippen LogP contribution >= 0.6 is 0 Å². The van der Waals surface area contributed by atoms with Crippen molar-refractivity contribution in [3.05, 3.63) is 52.5 Å². The van der Waals surface area contributed by atoms with Gasteiger partial charge in [0.25, 0.3) is 0 Å². The van der Waals surface area contributed by atoms with Crippen molar-refractivity contribution in [2.24, 2.45) is 11.1 Å². The lowest BCUT2D eigenvalue weighted by Gasteiger charge is -2.45. The third-order valence-electron chi connectivity index (χ3n) is 5.28. The Morgan fingerprint density at radius 3 is 2.46 bits per heavy atom. The highest BCUT2D eigenvalue weighted by Crippen LogP contribution is 2.49. The molecule has 0 spiro atoms. The van der Waals surface area contributed by atoms with Gasteiger partial charge in [0, 0.05) is 31.8 Å². The number of rotatable bonds is 4. The molecule has 1 aromatic rings. The number of carbonyl (C=O) groups excluding carboxylic acids is 1. The lowest BCUT2D eigenvalue weighted by atomic mass is 9.69. The highest BCUT2D eigenvalue weighted by Gasteiger charge is 2.44. The smallest absolute Gasteiger partial charge is 0.162 e. The van der Waals surface area contributed by atoms with Crippen LogP contribution < -0.4 is 10.5 Å². The van der Waals surface area contributed by atoms with Crippen molar-refractivity contribution in [1.29, 1.82) is 5.26 Å². The van der Waals surface area contributed by atoms with Crippen LogP contribution in [0.3, 0.4) is 0 Å². The molecule has 6 heteroatoms. The molecule has 2 N–H and O–H groups in total. The second-order valence-corrected chi connectivity index (χ2v) is 8.31. The Morgan fingerprint density at radius 1 is 1.29 bits per heavy atom. The zero-order chi connectivity index (χ0) is 20.6. The zero-order valence-electron chi connectivity index (χ0n) is 17.2. The first kappa shape index (κ1) is 20.0. The monoisotopic (exact) mass is 380 g/mol. The minimum atomic E-state index is -0.449. The number of allylic oxidation sites excluding steroid dienone is 3. The fourth-order valence-corrected chi connectivity index (χ4v) is 4.21. The van der Waals surface area contributed by atoms with Gasteiger partial charge < -0.3 is 10.5 Å². The van der Waals surface area contributed by atoms with E-state index in [4.69, 9.17) is 10.5 Å². The molecule has 1 aliphatic carbocycles. The van der Waals surface area contributed by atoms with Crippen LogP contribution in [0.15, 0.2) is 46.9 Å². The standard InChI is InChI=1S/C22H28N4O2/c1-6-28-15-9-7-14(8-10-15)19-16(13-23)21(24)26(25(4)5)17-11-22(2,3)12-18(27)20(17)19/h7-10,19H,6,11-12,24H2,1-5H3/t19-/m0/s1. The molecule has 0 saturated heterocycles. The normalized spacial score (nSPS) is 21.7. The number of ether oxygens (including phenoxy) is 1. The number of carbonyl (C=O) groups is 1. The molecule has 1 aromatic carbocycles. The van der Waals surface area contributed by atoms with Gasteiger partial charge in [-0.2, -0.15) is 5.26 Å². The van der Waals surface area contributed by atoms with Gasteiger partial charge in [-0.25, -0.2) is 5.01 Å². The van der Waals surface area contributed by atoms with E-state index in [1.54, 1.807) is 0 Å². The molecule has 2 aliphatic rings. The van der Waals surface area contributed by atoms with E-state index in [-0.39, 0.29) is 11.2 Å². The number of nitriles is 1. The van der Waals surface area contributed by atoms with Crippen LogP contribution in [0.25, 0.3) is 0 Å². The molecule has 1 heterocycles. The van der Waals surface area contributed by atoms with Crippen LogP contribution in [0.1, 0.15) is 45.1 Å².